The van der Waals surface area contributed by atoms with E-state index in [1.54, 1.807) is 29.5 Å². The quantitative estimate of drug-likeness (QED) is 0.281. The Morgan fingerprint density at radius 3 is 2.40 bits per heavy atom. The second-order valence-corrected chi connectivity index (χ2v) is 12.5. The highest BCUT2D eigenvalue weighted by Crippen LogP contribution is 2.37. The molecule has 8 heteroatoms. The summed E-state index contributed by atoms with van der Waals surface area (Å²) in [6.45, 7) is 3.03. The third kappa shape index (κ3) is 5.54. The molecule has 0 unspecified atom stereocenters. The van der Waals surface area contributed by atoms with Crippen molar-refractivity contribution >= 4 is 32.8 Å². The highest BCUT2D eigenvalue weighted by molar-refractivity contribution is 7.90. The predicted octanol–water partition coefficient (Wildman–Crippen LogP) is 6.70. The van der Waals surface area contributed by atoms with Crippen molar-refractivity contribution < 1.29 is 8.42 Å². The van der Waals surface area contributed by atoms with E-state index >= 15 is 0 Å². The van der Waals surface area contributed by atoms with Gasteiger partial charge in [0.05, 0.1) is 31.9 Å². The molecular formula is C27H28ClN3O2S2. The first-order valence-corrected chi connectivity index (χ1v) is 14.9. The van der Waals surface area contributed by atoms with E-state index in [9.17, 15) is 8.42 Å². The Morgan fingerprint density at radius 1 is 0.914 bits per heavy atom. The van der Waals surface area contributed by atoms with Crippen LogP contribution in [0.25, 0.3) is 26.7 Å². The van der Waals surface area contributed by atoms with Crippen molar-refractivity contribution in [2.45, 2.75) is 37.1 Å². The summed E-state index contributed by atoms with van der Waals surface area (Å²) in [7, 11) is -3.27. The van der Waals surface area contributed by atoms with Crippen LogP contribution in [0, 0.1) is 0 Å². The van der Waals surface area contributed by atoms with Crippen molar-refractivity contribution in [2.24, 2.45) is 0 Å². The van der Waals surface area contributed by atoms with Crippen LogP contribution >= 0.6 is 22.9 Å². The zero-order chi connectivity index (χ0) is 24.4. The summed E-state index contributed by atoms with van der Waals surface area (Å²) in [5, 5.41) is 5.64. The number of rotatable bonds is 6. The van der Waals surface area contributed by atoms with Crippen molar-refractivity contribution in [3.63, 3.8) is 0 Å². The summed E-state index contributed by atoms with van der Waals surface area (Å²) in [5.74, 6) is 0. The Bertz CT molecular complexity index is 1430. The minimum Gasteiger partial charge on any atom is -0.297 e. The van der Waals surface area contributed by atoms with Gasteiger partial charge in [0.25, 0.3) is 0 Å². The van der Waals surface area contributed by atoms with Crippen molar-refractivity contribution in [1.82, 2.24) is 14.7 Å². The minimum atomic E-state index is -3.27. The van der Waals surface area contributed by atoms with Gasteiger partial charge >= 0.3 is 0 Å². The summed E-state index contributed by atoms with van der Waals surface area (Å²) in [6, 6.07) is 21.1. The molecule has 0 spiro atoms. The van der Waals surface area contributed by atoms with Crippen molar-refractivity contribution in [3.8, 4) is 26.7 Å². The number of likely N-dealkylation sites (tertiary alicyclic amines) is 1. The lowest BCUT2D eigenvalue weighted by atomic mass is 10.2. The molecule has 1 saturated heterocycles. The molecule has 0 aliphatic carbocycles. The number of benzene rings is 2. The van der Waals surface area contributed by atoms with Gasteiger partial charge in [-0.2, -0.15) is 5.10 Å². The van der Waals surface area contributed by atoms with Crippen LogP contribution in [0.2, 0.25) is 5.02 Å². The topological polar surface area (TPSA) is 55.2 Å². The average molecular weight is 526 g/mol. The van der Waals surface area contributed by atoms with Gasteiger partial charge < -0.3 is 0 Å². The molecule has 35 heavy (non-hydrogen) atoms. The Kier molecular flexibility index (Phi) is 7.12. The van der Waals surface area contributed by atoms with Crippen LogP contribution in [-0.2, 0) is 16.4 Å². The first kappa shape index (κ1) is 24.3. The van der Waals surface area contributed by atoms with Gasteiger partial charge in [0.1, 0.15) is 0 Å². The fraction of sp³-hybridized carbons (Fsp3) is 0.296. The van der Waals surface area contributed by atoms with E-state index < -0.39 is 9.84 Å². The first-order valence-electron chi connectivity index (χ1n) is 11.9. The number of thiophene rings is 1. The van der Waals surface area contributed by atoms with Gasteiger partial charge in [0, 0.05) is 17.7 Å². The number of hydrogen-bond acceptors (Lipinski definition) is 5. The summed E-state index contributed by atoms with van der Waals surface area (Å²) in [4.78, 5) is 4.88. The molecule has 0 radical (unpaired) electrons. The van der Waals surface area contributed by atoms with Crippen molar-refractivity contribution in [2.75, 3.05) is 19.3 Å². The lowest BCUT2D eigenvalue weighted by molar-refractivity contribution is 0.273. The van der Waals surface area contributed by atoms with E-state index in [1.165, 1.54) is 31.9 Å². The van der Waals surface area contributed by atoms with Crippen LogP contribution in [0.15, 0.2) is 71.6 Å². The summed E-state index contributed by atoms with van der Waals surface area (Å²) < 4.78 is 26.0. The molecule has 0 N–H and O–H groups in total. The highest BCUT2D eigenvalue weighted by Gasteiger charge is 2.19. The van der Waals surface area contributed by atoms with Gasteiger partial charge in [0.15, 0.2) is 9.84 Å². The molecule has 3 heterocycles. The summed E-state index contributed by atoms with van der Waals surface area (Å²) in [6.07, 6.45) is 6.31. The van der Waals surface area contributed by atoms with Crippen LogP contribution in [0.3, 0.4) is 0 Å². The molecule has 0 amide bonds. The monoisotopic (exact) mass is 525 g/mol. The van der Waals surface area contributed by atoms with E-state index in [-0.39, 0.29) is 0 Å². The lowest BCUT2D eigenvalue weighted by Crippen LogP contribution is -2.24. The standard InChI is InChI=1S/C27H28ClN3O2S2/c1-35(32,33)22-10-8-9-20(17-22)26-13-14-27(34-26)25-18-21(19-30-15-6-2-3-7-16-30)29-31(25)24-12-5-4-11-23(24)28/h4-5,8-14,17-18H,2-3,6-7,15-16,19H2,1H3. The van der Waals surface area contributed by atoms with Gasteiger partial charge in [-0.3, -0.25) is 4.90 Å². The number of para-hydroxylation sites is 1. The largest absolute Gasteiger partial charge is 0.297 e. The number of aromatic nitrogens is 2. The smallest absolute Gasteiger partial charge is 0.175 e. The Labute approximate surface area is 215 Å². The van der Waals surface area contributed by atoms with Crippen molar-refractivity contribution in [1.29, 1.82) is 0 Å². The number of nitrogens with zero attached hydrogens (tertiary/aromatic N) is 3. The molecule has 0 saturated carbocycles. The predicted molar refractivity (Wildman–Crippen MR) is 144 cm³/mol. The van der Waals surface area contributed by atoms with Crippen LogP contribution in [-0.4, -0.2) is 42.4 Å². The third-order valence-corrected chi connectivity index (χ3v) is 8.92. The highest BCUT2D eigenvalue weighted by atomic mass is 35.5. The normalized spacial score (nSPS) is 15.3. The number of sulfone groups is 1. The van der Waals surface area contributed by atoms with Crippen LogP contribution in [0.4, 0.5) is 0 Å². The van der Waals surface area contributed by atoms with Gasteiger partial charge in [0.2, 0.25) is 0 Å². The molecule has 5 rings (SSSR count). The molecular weight excluding hydrogens is 498 g/mol. The Balaban J connectivity index is 1.53. The molecule has 2 aromatic carbocycles. The summed E-state index contributed by atoms with van der Waals surface area (Å²) >= 11 is 8.20. The maximum atomic E-state index is 12.0. The molecule has 1 aliphatic heterocycles. The van der Waals surface area contributed by atoms with E-state index in [2.05, 4.69) is 17.0 Å². The minimum absolute atomic E-state index is 0.325. The molecule has 182 valence electrons. The van der Waals surface area contributed by atoms with Crippen molar-refractivity contribution in [3.05, 3.63) is 77.4 Å². The van der Waals surface area contributed by atoms with Gasteiger partial charge in [-0.1, -0.05) is 48.7 Å². The summed E-state index contributed by atoms with van der Waals surface area (Å²) in [5.41, 5.74) is 3.74. The van der Waals surface area contributed by atoms with Gasteiger partial charge in [-0.25, -0.2) is 13.1 Å². The fourth-order valence-electron chi connectivity index (χ4n) is 4.52. The van der Waals surface area contributed by atoms with E-state index in [0.29, 0.717) is 9.92 Å². The molecule has 1 aliphatic rings. The SMILES string of the molecule is CS(=O)(=O)c1cccc(-c2ccc(-c3cc(CN4CCCCCC4)nn3-c3ccccc3Cl)s2)c1. The lowest BCUT2D eigenvalue weighted by Gasteiger charge is -2.17. The van der Waals surface area contributed by atoms with E-state index in [1.807, 2.05) is 41.1 Å². The molecule has 4 aromatic rings. The van der Waals surface area contributed by atoms with Gasteiger partial charge in [-0.05, 0) is 74.0 Å². The second-order valence-electron chi connectivity index (χ2n) is 9.04. The van der Waals surface area contributed by atoms with Crippen LogP contribution in [0.1, 0.15) is 31.4 Å². The zero-order valence-corrected chi connectivity index (χ0v) is 22.0. The van der Waals surface area contributed by atoms with Crippen LogP contribution in [0.5, 0.6) is 0 Å². The van der Waals surface area contributed by atoms with E-state index in [4.69, 9.17) is 16.7 Å². The second kappa shape index (κ2) is 10.3. The molecule has 1 fully saturated rings. The maximum Gasteiger partial charge on any atom is 0.175 e. The third-order valence-electron chi connectivity index (χ3n) is 6.33. The van der Waals surface area contributed by atoms with Gasteiger partial charge in [-0.15, -0.1) is 11.3 Å². The zero-order valence-electron chi connectivity index (χ0n) is 19.7. The molecule has 5 nitrogen and oxygen atoms in total. The molecule has 0 atom stereocenters. The number of halogens is 1. The maximum absolute atomic E-state index is 12.0. The number of hydrogen-bond donors (Lipinski definition) is 0. The first-order chi connectivity index (χ1) is 16.9. The van der Waals surface area contributed by atoms with Crippen LogP contribution < -0.4 is 0 Å². The molecule has 0 bridgehead atoms. The fourth-order valence-corrected chi connectivity index (χ4v) is 6.41. The molecule has 2 aromatic heterocycles. The average Bonchev–Trinajstić information content (AvgIpc) is 3.40. The Morgan fingerprint density at radius 2 is 1.66 bits per heavy atom. The van der Waals surface area contributed by atoms with E-state index in [0.717, 1.165) is 52.0 Å². The Hall–Kier alpha value is -2.45.